The second-order valence-electron chi connectivity index (χ2n) is 8.17. The van der Waals surface area contributed by atoms with E-state index < -0.39 is 0 Å². The Kier molecular flexibility index (Phi) is 5.92. The smallest absolute Gasteiger partial charge is 0.231 e. The van der Waals surface area contributed by atoms with Crippen LogP contribution in [0, 0.1) is 6.92 Å². The van der Waals surface area contributed by atoms with Crippen molar-refractivity contribution >= 4 is 38.7 Å². The molecular weight excluding hydrogens is 494 g/mol. The van der Waals surface area contributed by atoms with Crippen LogP contribution < -0.4 is 14.2 Å². The largest absolute Gasteiger partial charge is 0.497 e. The molecule has 1 aliphatic heterocycles. The zero-order valence-electron chi connectivity index (χ0n) is 19.2. The number of halogens is 1. The molecule has 3 aromatic carbocycles. The van der Waals surface area contributed by atoms with Crippen LogP contribution in [0.4, 0.5) is 0 Å². The van der Waals surface area contributed by atoms with Gasteiger partial charge in [-0.2, -0.15) is 0 Å². The van der Waals surface area contributed by atoms with Gasteiger partial charge in [-0.15, -0.1) is 0 Å². The lowest BCUT2D eigenvalue weighted by Gasteiger charge is -2.11. The molecule has 1 aliphatic rings. The summed E-state index contributed by atoms with van der Waals surface area (Å²) >= 11 is 3.45. The SMILES string of the molecule is CCn1cc(/C=C2\Oc3c(ccc(OCc4ccc(Br)cc4)c3C)C2=O)c2cc(OC)ccc21. The first-order chi connectivity index (χ1) is 16.5. The normalized spacial score (nSPS) is 13.9. The summed E-state index contributed by atoms with van der Waals surface area (Å²) in [5, 5.41) is 1.01. The van der Waals surface area contributed by atoms with Crippen LogP contribution in [0.5, 0.6) is 17.2 Å². The second kappa shape index (κ2) is 9.03. The molecule has 0 unspecified atom stereocenters. The Morgan fingerprint density at radius 1 is 1.09 bits per heavy atom. The standard InChI is InChI=1S/C28H24BrNO4/c1-4-30-15-19(23-14-21(32-3)9-11-24(23)30)13-26-27(31)22-10-12-25(17(2)28(22)34-26)33-16-18-5-7-20(29)8-6-18/h5-15H,4,16H2,1-3H3/b26-13-. The number of nitrogens with zero attached hydrogens (tertiary/aromatic N) is 1. The molecule has 0 aliphatic carbocycles. The molecule has 0 saturated heterocycles. The number of aromatic nitrogens is 1. The highest BCUT2D eigenvalue weighted by molar-refractivity contribution is 9.10. The van der Waals surface area contributed by atoms with Gasteiger partial charge in [0, 0.05) is 39.2 Å². The molecule has 0 amide bonds. The van der Waals surface area contributed by atoms with E-state index in [9.17, 15) is 4.79 Å². The van der Waals surface area contributed by atoms with Crippen molar-refractivity contribution in [1.82, 2.24) is 4.57 Å². The average molecular weight is 518 g/mol. The maximum absolute atomic E-state index is 13.1. The number of ketones is 1. The molecule has 6 heteroatoms. The van der Waals surface area contributed by atoms with Crippen molar-refractivity contribution in [2.45, 2.75) is 27.0 Å². The van der Waals surface area contributed by atoms with Gasteiger partial charge in [0.25, 0.3) is 0 Å². The summed E-state index contributed by atoms with van der Waals surface area (Å²) in [5.74, 6) is 2.20. The third-order valence-corrected chi connectivity index (χ3v) is 6.62. The first-order valence-electron chi connectivity index (χ1n) is 11.1. The van der Waals surface area contributed by atoms with Crippen LogP contribution in [0.2, 0.25) is 0 Å². The number of carbonyl (C=O) groups is 1. The molecule has 0 fully saturated rings. The highest BCUT2D eigenvalue weighted by Crippen LogP contribution is 2.40. The lowest BCUT2D eigenvalue weighted by molar-refractivity contribution is 0.101. The summed E-state index contributed by atoms with van der Waals surface area (Å²) in [6.45, 7) is 5.26. The van der Waals surface area contributed by atoms with Gasteiger partial charge in [-0.3, -0.25) is 4.79 Å². The zero-order chi connectivity index (χ0) is 23.8. The predicted octanol–water partition coefficient (Wildman–Crippen LogP) is 6.94. The van der Waals surface area contributed by atoms with Crippen LogP contribution in [0.3, 0.4) is 0 Å². The molecule has 34 heavy (non-hydrogen) atoms. The van der Waals surface area contributed by atoms with Crippen LogP contribution in [-0.2, 0) is 13.2 Å². The number of aryl methyl sites for hydroxylation is 1. The Morgan fingerprint density at radius 3 is 2.62 bits per heavy atom. The molecule has 2 heterocycles. The highest BCUT2D eigenvalue weighted by Gasteiger charge is 2.30. The van der Waals surface area contributed by atoms with Gasteiger partial charge in [0.2, 0.25) is 5.78 Å². The van der Waals surface area contributed by atoms with Gasteiger partial charge >= 0.3 is 0 Å². The van der Waals surface area contributed by atoms with E-state index >= 15 is 0 Å². The third-order valence-electron chi connectivity index (χ3n) is 6.09. The molecule has 4 aromatic rings. The van der Waals surface area contributed by atoms with E-state index in [4.69, 9.17) is 14.2 Å². The average Bonchev–Trinajstić information content (AvgIpc) is 3.37. The molecule has 5 rings (SSSR count). The van der Waals surface area contributed by atoms with Gasteiger partial charge in [-0.1, -0.05) is 28.1 Å². The molecule has 5 nitrogen and oxygen atoms in total. The van der Waals surface area contributed by atoms with E-state index in [1.165, 1.54) is 0 Å². The molecule has 172 valence electrons. The molecule has 0 N–H and O–H groups in total. The van der Waals surface area contributed by atoms with Crippen molar-refractivity contribution in [2.75, 3.05) is 7.11 Å². The Balaban J connectivity index is 1.45. The summed E-state index contributed by atoms with van der Waals surface area (Å²) in [4.78, 5) is 13.1. The Hall–Kier alpha value is -3.51. The van der Waals surface area contributed by atoms with Crippen molar-refractivity contribution in [3.05, 3.63) is 93.3 Å². The minimum atomic E-state index is -0.127. The van der Waals surface area contributed by atoms with Gasteiger partial charge < -0.3 is 18.8 Å². The van der Waals surface area contributed by atoms with Gasteiger partial charge in [0.05, 0.1) is 12.7 Å². The lowest BCUT2D eigenvalue weighted by atomic mass is 10.1. The zero-order valence-corrected chi connectivity index (χ0v) is 20.8. The quantitative estimate of drug-likeness (QED) is 0.260. The number of ether oxygens (including phenoxy) is 3. The molecule has 0 atom stereocenters. The molecule has 0 bridgehead atoms. The Bertz CT molecular complexity index is 1430. The van der Waals surface area contributed by atoms with Gasteiger partial charge in [-0.05, 0) is 68.0 Å². The van der Waals surface area contributed by atoms with Crippen molar-refractivity contribution in [3.63, 3.8) is 0 Å². The summed E-state index contributed by atoms with van der Waals surface area (Å²) in [6.07, 6.45) is 3.86. The van der Waals surface area contributed by atoms with Crippen LogP contribution >= 0.6 is 15.9 Å². The molecular formula is C28H24BrNO4. The van der Waals surface area contributed by atoms with Gasteiger partial charge in [-0.25, -0.2) is 0 Å². The minimum absolute atomic E-state index is 0.127. The Labute approximate surface area is 206 Å². The summed E-state index contributed by atoms with van der Waals surface area (Å²) in [5.41, 5.74) is 4.41. The van der Waals surface area contributed by atoms with Crippen molar-refractivity contribution in [3.8, 4) is 17.2 Å². The fourth-order valence-electron chi connectivity index (χ4n) is 4.21. The van der Waals surface area contributed by atoms with E-state index in [0.717, 1.165) is 44.4 Å². The monoisotopic (exact) mass is 517 g/mol. The maximum atomic E-state index is 13.1. The van der Waals surface area contributed by atoms with Crippen LogP contribution in [0.15, 0.2) is 71.0 Å². The summed E-state index contributed by atoms with van der Waals surface area (Å²) in [6, 6.07) is 17.6. The number of hydrogen-bond acceptors (Lipinski definition) is 4. The number of benzene rings is 3. The fraction of sp³-hybridized carbons (Fsp3) is 0.179. The summed E-state index contributed by atoms with van der Waals surface area (Å²) in [7, 11) is 1.65. The number of rotatable bonds is 6. The second-order valence-corrected chi connectivity index (χ2v) is 9.09. The molecule has 0 radical (unpaired) electrons. The van der Waals surface area contributed by atoms with Crippen molar-refractivity contribution in [1.29, 1.82) is 0 Å². The molecule has 1 aromatic heterocycles. The fourth-order valence-corrected chi connectivity index (χ4v) is 4.48. The molecule has 0 saturated carbocycles. The highest BCUT2D eigenvalue weighted by atomic mass is 79.9. The van der Waals surface area contributed by atoms with E-state index in [1.807, 2.05) is 67.7 Å². The molecule has 0 spiro atoms. The maximum Gasteiger partial charge on any atom is 0.231 e. The predicted molar refractivity (Wildman–Crippen MR) is 137 cm³/mol. The third kappa shape index (κ3) is 3.99. The number of allylic oxidation sites excluding steroid dienone is 1. The first kappa shape index (κ1) is 22.3. The minimum Gasteiger partial charge on any atom is -0.497 e. The van der Waals surface area contributed by atoms with Gasteiger partial charge in [0.1, 0.15) is 23.9 Å². The van der Waals surface area contributed by atoms with Crippen molar-refractivity contribution < 1.29 is 19.0 Å². The van der Waals surface area contributed by atoms with Crippen LogP contribution in [0.25, 0.3) is 17.0 Å². The van der Waals surface area contributed by atoms with E-state index in [-0.39, 0.29) is 5.78 Å². The van der Waals surface area contributed by atoms with E-state index in [2.05, 4.69) is 27.4 Å². The van der Waals surface area contributed by atoms with Crippen LogP contribution in [0.1, 0.15) is 34.0 Å². The topological polar surface area (TPSA) is 49.7 Å². The number of fused-ring (bicyclic) bond motifs is 2. The number of methoxy groups -OCH3 is 1. The first-order valence-corrected chi connectivity index (χ1v) is 11.9. The van der Waals surface area contributed by atoms with E-state index in [0.29, 0.717) is 29.4 Å². The summed E-state index contributed by atoms with van der Waals surface area (Å²) < 4.78 is 20.7. The van der Waals surface area contributed by atoms with Crippen molar-refractivity contribution in [2.24, 2.45) is 0 Å². The number of hydrogen-bond donors (Lipinski definition) is 0. The number of carbonyl (C=O) groups excluding carboxylic acids is 1. The van der Waals surface area contributed by atoms with Gasteiger partial charge in [0.15, 0.2) is 5.76 Å². The number of Topliss-reactive ketones (excluding diaryl/α,β-unsaturated/α-hetero) is 1. The Morgan fingerprint density at radius 2 is 1.88 bits per heavy atom. The lowest BCUT2D eigenvalue weighted by Crippen LogP contribution is -1.98. The van der Waals surface area contributed by atoms with E-state index in [1.54, 1.807) is 13.2 Å². The van der Waals surface area contributed by atoms with Crippen LogP contribution in [-0.4, -0.2) is 17.5 Å².